The Balaban J connectivity index is 2.37. The molecule has 2 aromatic rings. The monoisotopic (exact) mass is 235 g/mol. The fraction of sp³-hybridized carbons (Fsp3) is 0.273. The lowest BCUT2D eigenvalue weighted by molar-refractivity contribution is 0.408. The lowest BCUT2D eigenvalue weighted by Gasteiger charge is -2.14. The molecule has 5 heteroatoms. The summed E-state index contributed by atoms with van der Waals surface area (Å²) in [6.07, 6.45) is 5.13. The van der Waals surface area contributed by atoms with Crippen LogP contribution in [0.1, 0.15) is 16.6 Å². The maximum Gasteiger partial charge on any atom is 0.134 e. The predicted octanol–water partition coefficient (Wildman–Crippen LogP) is 1.86. The van der Waals surface area contributed by atoms with Gasteiger partial charge in [0.15, 0.2) is 0 Å². The molecule has 1 atom stereocenters. The van der Waals surface area contributed by atoms with Crippen LogP contribution in [-0.4, -0.2) is 24.1 Å². The number of nitrogens with one attached hydrogen (secondary N) is 1. The molecule has 0 saturated carbocycles. The molecule has 0 radical (unpaired) electrons. The molecular formula is C11H13N3OS. The van der Waals surface area contributed by atoms with Crippen LogP contribution >= 0.6 is 11.3 Å². The summed E-state index contributed by atoms with van der Waals surface area (Å²) in [5, 5.41) is 5.23. The second-order valence-corrected chi connectivity index (χ2v) is 4.15. The number of aromatic nitrogens is 2. The molecule has 0 aliphatic carbocycles. The van der Waals surface area contributed by atoms with Gasteiger partial charge in [-0.3, -0.25) is 9.97 Å². The first-order valence-electron chi connectivity index (χ1n) is 4.91. The molecule has 2 heterocycles. The summed E-state index contributed by atoms with van der Waals surface area (Å²) in [4.78, 5) is 9.50. The topological polar surface area (TPSA) is 47.0 Å². The summed E-state index contributed by atoms with van der Waals surface area (Å²) < 4.78 is 5.31. The van der Waals surface area contributed by atoms with E-state index in [1.807, 2.05) is 18.5 Å². The van der Waals surface area contributed by atoms with Crippen LogP contribution in [0.2, 0.25) is 0 Å². The predicted molar refractivity (Wildman–Crippen MR) is 63.8 cm³/mol. The molecule has 0 amide bonds. The van der Waals surface area contributed by atoms with Gasteiger partial charge >= 0.3 is 0 Å². The van der Waals surface area contributed by atoms with E-state index in [0.29, 0.717) is 0 Å². The number of rotatable bonds is 4. The van der Waals surface area contributed by atoms with Gasteiger partial charge in [-0.2, -0.15) is 0 Å². The quantitative estimate of drug-likeness (QED) is 0.878. The number of hydrogen-bond acceptors (Lipinski definition) is 5. The normalized spacial score (nSPS) is 12.4. The zero-order chi connectivity index (χ0) is 11.4. The highest BCUT2D eigenvalue weighted by Crippen LogP contribution is 2.33. The first kappa shape index (κ1) is 11.0. The number of nitrogens with zero attached hydrogens (tertiary/aromatic N) is 2. The van der Waals surface area contributed by atoms with Crippen LogP contribution in [-0.2, 0) is 0 Å². The maximum atomic E-state index is 5.31. The molecular weight excluding hydrogens is 222 g/mol. The van der Waals surface area contributed by atoms with Crippen LogP contribution < -0.4 is 10.1 Å². The van der Waals surface area contributed by atoms with Crippen molar-refractivity contribution in [2.24, 2.45) is 0 Å². The first-order valence-corrected chi connectivity index (χ1v) is 5.79. The highest BCUT2D eigenvalue weighted by Gasteiger charge is 2.19. The van der Waals surface area contributed by atoms with E-state index in [9.17, 15) is 0 Å². The Morgan fingerprint density at radius 2 is 2.31 bits per heavy atom. The Morgan fingerprint density at radius 3 is 2.94 bits per heavy atom. The molecule has 16 heavy (non-hydrogen) atoms. The lowest BCUT2D eigenvalue weighted by atomic mass is 10.1. The van der Waals surface area contributed by atoms with Gasteiger partial charge in [0.25, 0.3) is 0 Å². The van der Waals surface area contributed by atoms with Gasteiger partial charge in [0.05, 0.1) is 29.9 Å². The minimum Gasteiger partial charge on any atom is -0.496 e. The van der Waals surface area contributed by atoms with Gasteiger partial charge in [-0.25, -0.2) is 0 Å². The zero-order valence-electron chi connectivity index (χ0n) is 9.18. The van der Waals surface area contributed by atoms with E-state index in [0.717, 1.165) is 16.3 Å². The highest BCUT2D eigenvalue weighted by molar-refractivity contribution is 7.10. The van der Waals surface area contributed by atoms with Crippen LogP contribution in [0.15, 0.2) is 30.0 Å². The average Bonchev–Trinajstić information content (AvgIpc) is 2.80. The van der Waals surface area contributed by atoms with Gasteiger partial charge in [-0.1, -0.05) is 0 Å². The van der Waals surface area contributed by atoms with Crippen molar-refractivity contribution in [2.75, 3.05) is 14.2 Å². The Labute approximate surface area is 98.3 Å². The van der Waals surface area contributed by atoms with E-state index in [-0.39, 0.29) is 6.04 Å². The molecule has 0 aromatic carbocycles. The van der Waals surface area contributed by atoms with Crippen LogP contribution in [0.5, 0.6) is 5.75 Å². The summed E-state index contributed by atoms with van der Waals surface area (Å²) in [6.45, 7) is 0. The van der Waals surface area contributed by atoms with Crippen LogP contribution in [0.4, 0.5) is 0 Å². The second-order valence-electron chi connectivity index (χ2n) is 3.21. The molecule has 0 spiro atoms. The fourth-order valence-corrected chi connectivity index (χ4v) is 2.54. The molecule has 0 fully saturated rings. The smallest absolute Gasteiger partial charge is 0.134 e. The Kier molecular flexibility index (Phi) is 3.48. The third-order valence-electron chi connectivity index (χ3n) is 2.31. The molecule has 0 bridgehead atoms. The van der Waals surface area contributed by atoms with Crippen molar-refractivity contribution in [3.05, 3.63) is 40.6 Å². The molecule has 0 aliphatic rings. The molecule has 2 aromatic heterocycles. The van der Waals surface area contributed by atoms with Gasteiger partial charge < -0.3 is 10.1 Å². The van der Waals surface area contributed by atoms with Gasteiger partial charge in [0, 0.05) is 12.4 Å². The minimum atomic E-state index is 0.0312. The third-order valence-corrected chi connectivity index (χ3v) is 3.27. The highest BCUT2D eigenvalue weighted by atomic mass is 32.1. The van der Waals surface area contributed by atoms with Crippen molar-refractivity contribution in [2.45, 2.75) is 6.04 Å². The fourth-order valence-electron chi connectivity index (χ4n) is 1.56. The van der Waals surface area contributed by atoms with Gasteiger partial charge in [0.1, 0.15) is 5.75 Å². The number of hydrogen-bond donors (Lipinski definition) is 1. The van der Waals surface area contributed by atoms with Crippen molar-refractivity contribution in [3.8, 4) is 5.75 Å². The standard InChI is InChI=1S/C11H13N3OS/c1-12-10(8-7-13-4-5-14-8)11-9(15-2)3-6-16-11/h3-7,10,12H,1-2H3. The van der Waals surface area contributed by atoms with E-state index < -0.39 is 0 Å². The molecule has 1 N–H and O–H groups in total. The number of thiophene rings is 1. The summed E-state index contributed by atoms with van der Waals surface area (Å²) >= 11 is 1.65. The SMILES string of the molecule is CNC(c1cnccn1)c1sccc1OC. The zero-order valence-corrected chi connectivity index (χ0v) is 9.99. The molecule has 0 aliphatic heterocycles. The second kappa shape index (κ2) is 5.05. The molecule has 2 rings (SSSR count). The molecule has 84 valence electrons. The number of methoxy groups -OCH3 is 1. The molecule has 0 saturated heterocycles. The third kappa shape index (κ3) is 2.05. The van der Waals surface area contributed by atoms with Crippen molar-refractivity contribution < 1.29 is 4.74 Å². The van der Waals surface area contributed by atoms with E-state index >= 15 is 0 Å². The maximum absolute atomic E-state index is 5.31. The van der Waals surface area contributed by atoms with E-state index in [2.05, 4.69) is 15.3 Å². The summed E-state index contributed by atoms with van der Waals surface area (Å²) in [7, 11) is 3.58. The van der Waals surface area contributed by atoms with E-state index in [1.54, 1.807) is 37.0 Å². The van der Waals surface area contributed by atoms with Crippen molar-refractivity contribution in [3.63, 3.8) is 0 Å². The summed E-state index contributed by atoms with van der Waals surface area (Å²) in [6, 6.07) is 1.99. The molecule has 4 nitrogen and oxygen atoms in total. The Hall–Kier alpha value is -1.46. The Morgan fingerprint density at radius 1 is 1.44 bits per heavy atom. The first-order chi connectivity index (χ1) is 7.86. The van der Waals surface area contributed by atoms with Crippen molar-refractivity contribution >= 4 is 11.3 Å². The van der Waals surface area contributed by atoms with E-state index in [1.165, 1.54) is 0 Å². The van der Waals surface area contributed by atoms with Crippen molar-refractivity contribution in [1.82, 2.24) is 15.3 Å². The summed E-state index contributed by atoms with van der Waals surface area (Å²) in [5.74, 6) is 0.884. The largest absolute Gasteiger partial charge is 0.496 e. The lowest BCUT2D eigenvalue weighted by Crippen LogP contribution is -2.18. The van der Waals surface area contributed by atoms with Gasteiger partial charge in [-0.15, -0.1) is 11.3 Å². The van der Waals surface area contributed by atoms with Crippen LogP contribution in [0, 0.1) is 0 Å². The minimum absolute atomic E-state index is 0.0312. The van der Waals surface area contributed by atoms with Crippen molar-refractivity contribution in [1.29, 1.82) is 0 Å². The summed E-state index contributed by atoms with van der Waals surface area (Å²) in [5.41, 5.74) is 0.894. The number of ether oxygens (including phenoxy) is 1. The average molecular weight is 235 g/mol. The van der Waals surface area contributed by atoms with Crippen LogP contribution in [0.3, 0.4) is 0 Å². The Bertz CT molecular complexity index is 444. The van der Waals surface area contributed by atoms with Gasteiger partial charge in [0.2, 0.25) is 0 Å². The van der Waals surface area contributed by atoms with E-state index in [4.69, 9.17) is 4.74 Å². The molecule has 1 unspecified atom stereocenters. The van der Waals surface area contributed by atoms with Crippen LogP contribution in [0.25, 0.3) is 0 Å². The van der Waals surface area contributed by atoms with Gasteiger partial charge in [-0.05, 0) is 18.5 Å².